The fourth-order valence-corrected chi connectivity index (χ4v) is 9.26. The van der Waals surface area contributed by atoms with Crippen LogP contribution < -0.4 is 31.9 Å². The lowest BCUT2D eigenvalue weighted by atomic mass is 9.88. The van der Waals surface area contributed by atoms with Gasteiger partial charge in [-0.25, -0.2) is 28.8 Å². The molecule has 36 heteroatoms. The van der Waals surface area contributed by atoms with Crippen molar-refractivity contribution in [1.82, 2.24) is 31.9 Å². The van der Waals surface area contributed by atoms with Gasteiger partial charge in [0, 0.05) is 113 Å². The summed E-state index contributed by atoms with van der Waals surface area (Å²) in [7, 11) is 0. The molecular formula is C80H134N6O28S2. The van der Waals surface area contributed by atoms with Gasteiger partial charge in [0.2, 0.25) is 10.2 Å². The van der Waals surface area contributed by atoms with Crippen molar-refractivity contribution < 1.29 is 134 Å². The van der Waals surface area contributed by atoms with E-state index in [1.807, 2.05) is 34.6 Å². The zero-order valence-corrected chi connectivity index (χ0v) is 72.2. The van der Waals surface area contributed by atoms with Gasteiger partial charge >= 0.3 is 35.8 Å². The number of hydrogen-bond donors (Lipinski definition) is 9. The summed E-state index contributed by atoms with van der Waals surface area (Å²) in [5.41, 5.74) is 1.31. The normalized spacial score (nSPS) is 13.0. The van der Waals surface area contributed by atoms with Crippen LogP contribution in [0.5, 0.6) is 0 Å². The number of amides is 3. The largest absolute Gasteiger partial charge is 0.460 e. The Bertz CT molecular complexity index is 2790. The van der Waals surface area contributed by atoms with E-state index in [1.165, 1.54) is 65.1 Å². The Morgan fingerprint density at radius 1 is 0.319 bits per heavy atom. The second-order valence-electron chi connectivity index (χ2n) is 27.6. The molecule has 0 bridgehead atoms. The summed E-state index contributed by atoms with van der Waals surface area (Å²) in [6, 6.07) is -0.365. The smallest absolute Gasteiger partial charge is 0.333 e. The SMILES string of the molecule is C=C(C)C(=O)OCC(=O)NCCOCC(CC)(COCCNC(=O)COC(=O)C(=C)C)COCCNC(=O)COC(=O)C(=C)C.C=C(C)C(=O)OCC(O)CNC(C)COCC(CC)(COCC(C)NCC(O)COC(=O)C(=C)C)COCC(C)NCC(O)COC(=O)C(=C)C.C=C(C)C(=O)SCCOCCOCCSC(=O)C(=C)C. The summed E-state index contributed by atoms with van der Waals surface area (Å²) >= 11 is 2.42. The van der Waals surface area contributed by atoms with Gasteiger partial charge in [-0.15, -0.1) is 0 Å². The lowest BCUT2D eigenvalue weighted by Gasteiger charge is -2.33. The first-order chi connectivity index (χ1) is 54.6. The van der Waals surface area contributed by atoms with E-state index in [0.29, 0.717) is 102 Å². The van der Waals surface area contributed by atoms with Crippen molar-refractivity contribution in [3.63, 3.8) is 0 Å². The van der Waals surface area contributed by atoms with E-state index in [1.54, 1.807) is 13.8 Å². The fraction of sp³-hybridized carbons (Fsp3) is 0.662. The zero-order valence-electron chi connectivity index (χ0n) is 70.6. The van der Waals surface area contributed by atoms with Gasteiger partial charge in [-0.2, -0.15) is 0 Å². The monoisotopic (exact) mass is 1690 g/mol. The number of esters is 6. The Balaban J connectivity index is -0.00000179. The lowest BCUT2D eigenvalue weighted by Crippen LogP contribution is -2.43. The molecule has 0 radical (unpaired) electrons. The second-order valence-corrected chi connectivity index (χ2v) is 29.7. The molecule has 3 amide bonds. The van der Waals surface area contributed by atoms with Gasteiger partial charge in [0.15, 0.2) is 19.8 Å². The number of ether oxygens (including phenoxy) is 14. The van der Waals surface area contributed by atoms with E-state index in [-0.39, 0.29) is 161 Å². The van der Waals surface area contributed by atoms with Crippen molar-refractivity contribution >= 4 is 87.3 Å². The van der Waals surface area contributed by atoms with Crippen molar-refractivity contribution in [3.05, 3.63) is 97.2 Å². The van der Waals surface area contributed by atoms with Gasteiger partial charge < -0.3 is 114 Å². The number of nitrogens with one attached hydrogen (secondary N) is 6. The van der Waals surface area contributed by atoms with Crippen LogP contribution in [0.25, 0.3) is 0 Å². The van der Waals surface area contributed by atoms with Crippen molar-refractivity contribution in [3.8, 4) is 0 Å². The zero-order chi connectivity index (χ0) is 88.6. The highest BCUT2D eigenvalue weighted by molar-refractivity contribution is 8.14. The van der Waals surface area contributed by atoms with Crippen LogP contribution in [-0.4, -0.2) is 312 Å². The highest BCUT2D eigenvalue weighted by Crippen LogP contribution is 2.26. The minimum absolute atomic E-state index is 0.00375. The van der Waals surface area contributed by atoms with Crippen LogP contribution in [0.1, 0.15) is 103 Å². The molecule has 6 atom stereocenters. The number of carbonyl (C=O) groups excluding carboxylic acids is 11. The van der Waals surface area contributed by atoms with Gasteiger partial charge in [-0.05, 0) is 100 Å². The molecule has 0 saturated carbocycles. The highest BCUT2D eigenvalue weighted by atomic mass is 32.2. The predicted octanol–water partition coefficient (Wildman–Crippen LogP) is 3.64. The topological polar surface area (TPSA) is 450 Å². The van der Waals surface area contributed by atoms with Crippen molar-refractivity contribution in [2.75, 3.05) is 196 Å². The summed E-state index contributed by atoms with van der Waals surface area (Å²) in [5, 5.41) is 47.7. The van der Waals surface area contributed by atoms with E-state index in [0.717, 1.165) is 0 Å². The van der Waals surface area contributed by atoms with Crippen LogP contribution >= 0.6 is 23.5 Å². The van der Waals surface area contributed by atoms with Gasteiger partial charge in [0.1, 0.15) is 38.1 Å². The van der Waals surface area contributed by atoms with Crippen molar-refractivity contribution in [2.45, 2.75) is 139 Å². The van der Waals surface area contributed by atoms with Crippen LogP contribution in [0.4, 0.5) is 0 Å². The molecule has 0 aliphatic carbocycles. The van der Waals surface area contributed by atoms with Crippen LogP contribution in [-0.2, 0) is 119 Å². The maximum atomic E-state index is 11.9. The summed E-state index contributed by atoms with van der Waals surface area (Å²) in [6.45, 7) is 54.4. The van der Waals surface area contributed by atoms with Gasteiger partial charge in [0.25, 0.3) is 17.7 Å². The summed E-state index contributed by atoms with van der Waals surface area (Å²) in [6.07, 6.45) is -1.43. The van der Waals surface area contributed by atoms with Crippen molar-refractivity contribution in [2.24, 2.45) is 10.8 Å². The standard InChI is InChI=1S/C36H65N3O12.C30H47N3O12.C14H22O4S2/c1-11-36(21-46-15-27(8)37-12-30(40)18-49-33(43)24(2)3,22-47-16-28(9)38-13-31(41)19-50-34(44)25(4)5)23-48-17-29(10)39-14-32(42)20-51-35(45)26(6)7;1-8-30(18-40-12-9-31-24(34)15-43-27(37)21(2)3,19-41-13-10-32-25(35)16-44-28(38)22(4)5)20-42-14-11-33-26(36)17-45-29(39)23(6)7;1-11(2)13(15)19-9-7-17-5-6-18-8-10-20-14(16)12(3)4/h27-32,37-42H,2,4,6,11-23H2,1,3,5,7-10H3;2,4,6,8-20H2,1,3,5,7H3,(H,31,34)(H,32,35)(H,33,36);1,3,5-10H2,2,4H3. The molecule has 0 aromatic rings. The molecule has 9 N–H and O–H groups in total. The molecule has 34 nitrogen and oxygen atoms in total. The maximum absolute atomic E-state index is 11.9. The molecule has 664 valence electrons. The lowest BCUT2D eigenvalue weighted by molar-refractivity contribution is -0.144. The van der Waals surface area contributed by atoms with Gasteiger partial charge in [-0.3, -0.25) is 24.0 Å². The highest BCUT2D eigenvalue weighted by Gasteiger charge is 2.32. The Morgan fingerprint density at radius 3 is 0.776 bits per heavy atom. The molecule has 0 aromatic heterocycles. The number of rotatable bonds is 67. The maximum Gasteiger partial charge on any atom is 0.333 e. The van der Waals surface area contributed by atoms with Crippen molar-refractivity contribution in [1.29, 1.82) is 0 Å². The van der Waals surface area contributed by atoms with Gasteiger partial charge in [0.05, 0.1) is 106 Å². The van der Waals surface area contributed by atoms with E-state index >= 15 is 0 Å². The Hall–Kier alpha value is -7.37. The Labute approximate surface area is 693 Å². The molecule has 0 aliphatic heterocycles. The molecule has 0 aliphatic rings. The quantitative estimate of drug-likeness (QED) is 0.0182. The average molecular weight is 1690 g/mol. The Morgan fingerprint density at radius 2 is 0.552 bits per heavy atom. The van der Waals surface area contributed by atoms with E-state index in [9.17, 15) is 68.1 Å². The number of thioether (sulfide) groups is 2. The van der Waals surface area contributed by atoms with Gasteiger partial charge in [-0.1, -0.05) is 90.0 Å². The molecule has 0 saturated heterocycles. The van der Waals surface area contributed by atoms with Crippen LogP contribution in [0.2, 0.25) is 0 Å². The third-order valence-electron chi connectivity index (χ3n) is 15.2. The molecule has 0 aromatic carbocycles. The third kappa shape index (κ3) is 63.7. The molecule has 0 spiro atoms. The first kappa shape index (κ1) is 113. The number of carbonyl (C=O) groups is 11. The van der Waals surface area contributed by atoms with E-state index in [4.69, 9.17) is 66.3 Å². The molecule has 0 rings (SSSR count). The number of aliphatic hydroxyl groups is 3. The third-order valence-corrected chi connectivity index (χ3v) is 17.1. The number of hydrogen-bond acceptors (Lipinski definition) is 33. The minimum atomic E-state index is -0.890. The first-order valence-electron chi connectivity index (χ1n) is 37.9. The average Bonchev–Trinajstić information content (AvgIpc) is 0.885. The van der Waals surface area contributed by atoms with Crippen LogP contribution in [0.15, 0.2) is 97.2 Å². The summed E-state index contributed by atoms with van der Waals surface area (Å²) < 4.78 is 75.7. The first-order valence-corrected chi connectivity index (χ1v) is 39.8. The Kier molecular flexibility index (Phi) is 66.6. The molecular weight excluding hydrogens is 1560 g/mol. The molecule has 0 fully saturated rings. The molecule has 116 heavy (non-hydrogen) atoms. The van der Waals surface area contributed by atoms with Crippen LogP contribution in [0, 0.1) is 10.8 Å². The van der Waals surface area contributed by atoms with E-state index in [2.05, 4.69) is 84.5 Å². The summed E-state index contributed by atoms with van der Waals surface area (Å²) in [4.78, 5) is 127. The number of aliphatic hydroxyl groups excluding tert-OH is 3. The fourth-order valence-electron chi connectivity index (χ4n) is 7.99. The van der Waals surface area contributed by atoms with E-state index < -0.39 is 102 Å². The summed E-state index contributed by atoms with van der Waals surface area (Å²) in [5.74, 6) is -3.89. The second kappa shape index (κ2) is 68.5. The predicted molar refractivity (Wildman–Crippen MR) is 441 cm³/mol. The minimum Gasteiger partial charge on any atom is -0.460 e. The molecule has 0 heterocycles. The molecule has 6 unspecified atom stereocenters. The van der Waals surface area contributed by atoms with Crippen LogP contribution in [0.3, 0.4) is 0 Å².